The molecular weight excluding hydrogens is 405 g/mol. The molecule has 0 aliphatic heterocycles. The van der Waals surface area contributed by atoms with Crippen molar-refractivity contribution in [3.63, 3.8) is 0 Å². The Kier molecular flexibility index (Phi) is 8.32. The van der Waals surface area contributed by atoms with Gasteiger partial charge in [0.25, 0.3) is 5.97 Å². The van der Waals surface area contributed by atoms with E-state index in [2.05, 4.69) is 0 Å². The number of carboxylic acid groups (broad SMARTS) is 1. The van der Waals surface area contributed by atoms with Gasteiger partial charge in [-0.3, -0.25) is 4.79 Å². The molecule has 0 saturated heterocycles. The number of rotatable bonds is 5. The minimum Gasteiger partial charge on any atom is -0.665 e. The topological polar surface area (TPSA) is 61.1 Å². The normalized spacial score (nSPS) is 11.5. The van der Waals surface area contributed by atoms with Crippen molar-refractivity contribution in [3.8, 4) is 0 Å². The van der Waals surface area contributed by atoms with Gasteiger partial charge in [0.05, 0.1) is 0 Å². The Labute approximate surface area is 126 Å². The molecule has 0 unspecified atom stereocenters. The summed E-state index contributed by atoms with van der Waals surface area (Å²) < 4.78 is 0. The average Bonchev–Trinajstić information content (AvgIpc) is 2.19. The second-order valence-corrected chi connectivity index (χ2v) is 3.27. The van der Waals surface area contributed by atoms with Crippen LogP contribution in [0.25, 0.3) is 5.73 Å². The molecular formula is C11H14AcNO2-. The van der Waals surface area contributed by atoms with Crippen molar-refractivity contribution >= 4 is 5.97 Å². The number of carbonyl (C=O) groups is 1. The number of benzene rings is 1. The molecule has 0 spiro atoms. The molecule has 3 nitrogen and oxygen atoms in total. The minimum absolute atomic E-state index is 0. The maximum Gasteiger partial charge on any atom is 0.285 e. The maximum atomic E-state index is 10.4. The van der Waals surface area contributed by atoms with Crippen LogP contribution in [0.4, 0.5) is 0 Å². The van der Waals surface area contributed by atoms with Gasteiger partial charge < -0.3 is 10.8 Å². The molecule has 1 radical (unpaired) electrons. The van der Waals surface area contributed by atoms with Gasteiger partial charge in [-0.2, -0.15) is 0 Å². The van der Waals surface area contributed by atoms with Crippen LogP contribution in [-0.2, 0) is 11.2 Å². The Hall–Kier alpha value is 0.0916. The Balaban J connectivity index is 0.00000196. The zero-order valence-corrected chi connectivity index (χ0v) is 13.3. The van der Waals surface area contributed by atoms with Crippen LogP contribution in [0.2, 0.25) is 0 Å². The second-order valence-electron chi connectivity index (χ2n) is 3.27. The fourth-order valence-corrected chi connectivity index (χ4v) is 1.28. The molecule has 1 aromatic carbocycles. The fourth-order valence-electron chi connectivity index (χ4n) is 1.28. The fraction of sp³-hybridized carbons (Fsp3) is 0.364. The molecule has 0 heterocycles. The Morgan fingerprint density at radius 2 is 1.93 bits per heavy atom. The Morgan fingerprint density at radius 1 is 1.33 bits per heavy atom. The SMILES string of the molecule is [Ac].[NH-][C@H](CCCc1ccccc1)C(=O)O. The van der Waals surface area contributed by atoms with Crippen LogP contribution in [0.1, 0.15) is 18.4 Å². The first-order valence-corrected chi connectivity index (χ1v) is 4.68. The minimum atomic E-state index is -1.03. The van der Waals surface area contributed by atoms with Crippen molar-refractivity contribution in [1.82, 2.24) is 0 Å². The monoisotopic (exact) mass is 419 g/mol. The molecule has 1 atom stereocenters. The molecule has 79 valence electrons. The number of aryl methyl sites for hydroxylation is 1. The molecule has 0 fully saturated rings. The molecule has 4 heteroatoms. The van der Waals surface area contributed by atoms with E-state index in [1.54, 1.807) is 0 Å². The van der Waals surface area contributed by atoms with E-state index in [0.717, 1.165) is 12.8 Å². The predicted molar refractivity (Wildman–Crippen MR) is 55.1 cm³/mol. The van der Waals surface area contributed by atoms with Gasteiger partial charge >= 0.3 is 0 Å². The maximum absolute atomic E-state index is 10.4. The molecule has 1 aromatic rings. The first-order valence-electron chi connectivity index (χ1n) is 4.68. The molecule has 15 heavy (non-hydrogen) atoms. The number of hydrogen-bond donors (Lipinski definition) is 1. The summed E-state index contributed by atoms with van der Waals surface area (Å²) in [4.78, 5) is 10.4. The van der Waals surface area contributed by atoms with Gasteiger partial charge in [-0.1, -0.05) is 43.2 Å². The molecule has 2 N–H and O–H groups in total. The van der Waals surface area contributed by atoms with Crippen LogP contribution in [0, 0.1) is 44.1 Å². The van der Waals surface area contributed by atoms with E-state index in [9.17, 15) is 4.79 Å². The molecule has 1 rings (SSSR count). The van der Waals surface area contributed by atoms with E-state index >= 15 is 0 Å². The standard InChI is InChI=1S/C11H14NO2.Ac/c12-10(11(13)14)8-4-7-9-5-2-1-3-6-9;/h1-3,5-6,10,12H,4,7-8H2,(H,13,14);/q-1;/t10-;/m1./s1. The van der Waals surface area contributed by atoms with Crippen LogP contribution < -0.4 is 0 Å². The van der Waals surface area contributed by atoms with Crippen LogP contribution in [-0.4, -0.2) is 17.1 Å². The summed E-state index contributed by atoms with van der Waals surface area (Å²) in [6.45, 7) is 0. The Morgan fingerprint density at radius 3 is 2.47 bits per heavy atom. The van der Waals surface area contributed by atoms with E-state index in [1.165, 1.54) is 5.56 Å². The van der Waals surface area contributed by atoms with Gasteiger partial charge in [0.15, 0.2) is 0 Å². The largest absolute Gasteiger partial charge is 0.665 e. The van der Waals surface area contributed by atoms with Crippen molar-refractivity contribution in [2.24, 2.45) is 0 Å². The number of hydrogen-bond acceptors (Lipinski definition) is 1. The quantitative estimate of drug-likeness (QED) is 0.798. The third-order valence-electron chi connectivity index (χ3n) is 2.10. The van der Waals surface area contributed by atoms with Crippen LogP contribution in [0.15, 0.2) is 30.3 Å². The van der Waals surface area contributed by atoms with Gasteiger partial charge in [0.2, 0.25) is 0 Å². The smallest absolute Gasteiger partial charge is 0.285 e. The van der Waals surface area contributed by atoms with Gasteiger partial charge in [-0.25, -0.2) is 0 Å². The number of carboxylic acids is 1. The van der Waals surface area contributed by atoms with Crippen molar-refractivity contribution in [1.29, 1.82) is 0 Å². The van der Waals surface area contributed by atoms with Crippen LogP contribution in [0.5, 0.6) is 0 Å². The van der Waals surface area contributed by atoms with E-state index in [4.69, 9.17) is 10.8 Å². The average molecular weight is 419 g/mol. The van der Waals surface area contributed by atoms with Gasteiger partial charge in [0.1, 0.15) is 0 Å². The van der Waals surface area contributed by atoms with Crippen LogP contribution in [0.3, 0.4) is 0 Å². The summed E-state index contributed by atoms with van der Waals surface area (Å²) in [5, 5.41) is 8.49. The van der Waals surface area contributed by atoms with E-state index < -0.39 is 12.0 Å². The first kappa shape index (κ1) is 15.1. The molecule has 0 amide bonds. The van der Waals surface area contributed by atoms with Crippen LogP contribution >= 0.6 is 0 Å². The van der Waals surface area contributed by atoms with Gasteiger partial charge in [0, 0.05) is 44.1 Å². The van der Waals surface area contributed by atoms with E-state index in [1.807, 2.05) is 30.3 Å². The Bertz CT molecular complexity index is 290. The summed E-state index contributed by atoms with van der Waals surface area (Å²) >= 11 is 0. The summed E-state index contributed by atoms with van der Waals surface area (Å²) in [6, 6.07) is 8.93. The van der Waals surface area contributed by atoms with Crippen molar-refractivity contribution < 1.29 is 54.0 Å². The first-order chi connectivity index (χ1) is 6.70. The molecule has 0 aliphatic rings. The molecule has 0 aliphatic carbocycles. The van der Waals surface area contributed by atoms with E-state index in [-0.39, 0.29) is 44.1 Å². The summed E-state index contributed by atoms with van der Waals surface area (Å²) in [5.74, 6) is -1.03. The van der Waals surface area contributed by atoms with Crippen molar-refractivity contribution in [3.05, 3.63) is 41.6 Å². The van der Waals surface area contributed by atoms with Crippen molar-refractivity contribution in [2.45, 2.75) is 25.3 Å². The predicted octanol–water partition coefficient (Wildman–Crippen LogP) is 2.51. The summed E-state index contributed by atoms with van der Waals surface area (Å²) in [6.07, 6.45) is 2.03. The molecule has 0 bridgehead atoms. The number of aliphatic carboxylic acids is 1. The van der Waals surface area contributed by atoms with Gasteiger partial charge in [-0.05, 0) is 18.0 Å². The third kappa shape index (κ3) is 6.29. The summed E-state index contributed by atoms with van der Waals surface area (Å²) in [7, 11) is 0. The second kappa shape index (κ2) is 8.27. The van der Waals surface area contributed by atoms with Gasteiger partial charge in [-0.15, -0.1) is 0 Å². The molecule has 0 saturated carbocycles. The molecule has 0 aromatic heterocycles. The van der Waals surface area contributed by atoms with E-state index in [0.29, 0.717) is 6.42 Å². The zero-order chi connectivity index (χ0) is 10.4. The number of nitrogens with one attached hydrogen (secondary N) is 1. The zero-order valence-electron chi connectivity index (χ0n) is 8.52. The van der Waals surface area contributed by atoms with Crippen molar-refractivity contribution in [2.75, 3.05) is 0 Å². The summed E-state index contributed by atoms with van der Waals surface area (Å²) in [5.41, 5.74) is 8.39. The third-order valence-corrected chi connectivity index (χ3v) is 2.10.